The Morgan fingerprint density at radius 2 is 2.50 bits per heavy atom. The highest BCUT2D eigenvalue weighted by molar-refractivity contribution is 5.91. The molecule has 0 bridgehead atoms. The fraction of sp³-hybridized carbons (Fsp3) is 0.583. The molecule has 0 aromatic carbocycles. The standard InChI is InChI=1S/C12H18N2O2/c1-13-7-3-5-10(13)9-14(2)12(15)11-6-4-8-16-11/h4,6,8,10H,3,5,7,9H2,1-2H3. The molecular weight excluding hydrogens is 204 g/mol. The zero-order valence-corrected chi connectivity index (χ0v) is 9.85. The Kier molecular flexibility index (Phi) is 3.29. The average Bonchev–Trinajstić information content (AvgIpc) is 2.89. The topological polar surface area (TPSA) is 36.7 Å². The molecule has 0 N–H and O–H groups in total. The van der Waals surface area contributed by atoms with Gasteiger partial charge in [0.2, 0.25) is 0 Å². The lowest BCUT2D eigenvalue weighted by atomic mass is 10.2. The number of likely N-dealkylation sites (N-methyl/N-ethyl adjacent to an activating group) is 2. The predicted molar refractivity (Wildman–Crippen MR) is 61.3 cm³/mol. The molecule has 1 aliphatic rings. The Labute approximate surface area is 95.8 Å². The molecule has 4 heteroatoms. The van der Waals surface area contributed by atoms with E-state index in [1.165, 1.54) is 19.1 Å². The van der Waals surface area contributed by atoms with Gasteiger partial charge in [0.25, 0.3) is 5.91 Å². The molecule has 1 aromatic heterocycles. The Morgan fingerprint density at radius 1 is 1.69 bits per heavy atom. The molecule has 0 saturated carbocycles. The van der Waals surface area contributed by atoms with E-state index >= 15 is 0 Å². The zero-order valence-electron chi connectivity index (χ0n) is 9.85. The lowest BCUT2D eigenvalue weighted by molar-refractivity contribution is 0.0730. The van der Waals surface area contributed by atoms with Gasteiger partial charge in [0.15, 0.2) is 5.76 Å². The van der Waals surface area contributed by atoms with Gasteiger partial charge in [-0.2, -0.15) is 0 Å². The van der Waals surface area contributed by atoms with Gasteiger partial charge in [-0.05, 0) is 38.6 Å². The van der Waals surface area contributed by atoms with E-state index in [2.05, 4.69) is 11.9 Å². The molecule has 2 rings (SSSR count). The molecular formula is C12H18N2O2. The van der Waals surface area contributed by atoms with Crippen LogP contribution in [-0.4, -0.2) is 48.9 Å². The number of likely N-dealkylation sites (tertiary alicyclic amines) is 1. The number of carbonyl (C=O) groups is 1. The highest BCUT2D eigenvalue weighted by Gasteiger charge is 2.24. The van der Waals surface area contributed by atoms with Crippen LogP contribution in [0.2, 0.25) is 0 Å². The third-order valence-corrected chi connectivity index (χ3v) is 3.23. The monoisotopic (exact) mass is 222 g/mol. The van der Waals surface area contributed by atoms with Crippen molar-refractivity contribution in [3.8, 4) is 0 Å². The van der Waals surface area contributed by atoms with E-state index in [-0.39, 0.29) is 5.91 Å². The zero-order chi connectivity index (χ0) is 11.5. The second-order valence-electron chi connectivity index (χ2n) is 4.44. The van der Waals surface area contributed by atoms with Crippen LogP contribution in [0.15, 0.2) is 22.8 Å². The van der Waals surface area contributed by atoms with Gasteiger partial charge in [0.05, 0.1) is 6.26 Å². The summed E-state index contributed by atoms with van der Waals surface area (Å²) >= 11 is 0. The molecule has 0 aliphatic carbocycles. The molecule has 88 valence electrons. The number of hydrogen-bond donors (Lipinski definition) is 0. The van der Waals surface area contributed by atoms with Gasteiger partial charge in [-0.15, -0.1) is 0 Å². The maximum atomic E-state index is 11.9. The summed E-state index contributed by atoms with van der Waals surface area (Å²) in [6.45, 7) is 1.91. The Balaban J connectivity index is 1.93. The normalized spacial score (nSPS) is 21.2. The molecule has 2 heterocycles. The van der Waals surface area contributed by atoms with E-state index in [1.807, 2.05) is 7.05 Å². The van der Waals surface area contributed by atoms with E-state index in [0.29, 0.717) is 11.8 Å². The van der Waals surface area contributed by atoms with Crippen LogP contribution in [0.4, 0.5) is 0 Å². The minimum absolute atomic E-state index is 0.0368. The van der Waals surface area contributed by atoms with Crippen molar-refractivity contribution >= 4 is 5.91 Å². The van der Waals surface area contributed by atoms with Crippen LogP contribution >= 0.6 is 0 Å². The van der Waals surface area contributed by atoms with Crippen LogP contribution in [0.3, 0.4) is 0 Å². The molecule has 1 saturated heterocycles. The predicted octanol–water partition coefficient (Wildman–Crippen LogP) is 1.45. The third-order valence-electron chi connectivity index (χ3n) is 3.23. The molecule has 1 aromatic rings. The Bertz CT molecular complexity index is 348. The first-order valence-corrected chi connectivity index (χ1v) is 5.67. The van der Waals surface area contributed by atoms with E-state index in [0.717, 1.165) is 13.1 Å². The number of hydrogen-bond acceptors (Lipinski definition) is 3. The molecule has 0 radical (unpaired) electrons. The smallest absolute Gasteiger partial charge is 0.289 e. The Hall–Kier alpha value is -1.29. The first-order valence-electron chi connectivity index (χ1n) is 5.67. The van der Waals surface area contributed by atoms with E-state index < -0.39 is 0 Å². The van der Waals surface area contributed by atoms with Crippen molar-refractivity contribution in [3.05, 3.63) is 24.2 Å². The van der Waals surface area contributed by atoms with Crippen LogP contribution in [0.1, 0.15) is 23.4 Å². The van der Waals surface area contributed by atoms with Crippen molar-refractivity contribution in [1.29, 1.82) is 0 Å². The summed E-state index contributed by atoms with van der Waals surface area (Å²) in [4.78, 5) is 16.0. The highest BCUT2D eigenvalue weighted by atomic mass is 16.3. The first kappa shape index (κ1) is 11.2. The molecule has 16 heavy (non-hydrogen) atoms. The number of amides is 1. The van der Waals surface area contributed by atoms with Crippen molar-refractivity contribution in [2.45, 2.75) is 18.9 Å². The van der Waals surface area contributed by atoms with Gasteiger partial charge >= 0.3 is 0 Å². The van der Waals surface area contributed by atoms with Crippen LogP contribution in [0, 0.1) is 0 Å². The van der Waals surface area contributed by atoms with Crippen molar-refractivity contribution < 1.29 is 9.21 Å². The van der Waals surface area contributed by atoms with Crippen molar-refractivity contribution in [1.82, 2.24) is 9.80 Å². The largest absolute Gasteiger partial charge is 0.459 e. The minimum atomic E-state index is -0.0368. The van der Waals surface area contributed by atoms with Gasteiger partial charge < -0.3 is 14.2 Å². The van der Waals surface area contributed by atoms with Crippen LogP contribution in [0.5, 0.6) is 0 Å². The second kappa shape index (κ2) is 4.70. The summed E-state index contributed by atoms with van der Waals surface area (Å²) in [6, 6.07) is 3.93. The minimum Gasteiger partial charge on any atom is -0.459 e. The molecule has 4 nitrogen and oxygen atoms in total. The quantitative estimate of drug-likeness (QED) is 0.776. The summed E-state index contributed by atoms with van der Waals surface area (Å²) in [7, 11) is 3.94. The maximum Gasteiger partial charge on any atom is 0.289 e. The molecule has 0 spiro atoms. The van der Waals surface area contributed by atoms with Crippen LogP contribution in [-0.2, 0) is 0 Å². The first-order chi connectivity index (χ1) is 7.68. The van der Waals surface area contributed by atoms with Crippen molar-refractivity contribution in [3.63, 3.8) is 0 Å². The van der Waals surface area contributed by atoms with Gasteiger partial charge in [-0.3, -0.25) is 4.79 Å². The van der Waals surface area contributed by atoms with Crippen molar-refractivity contribution in [2.24, 2.45) is 0 Å². The fourth-order valence-corrected chi connectivity index (χ4v) is 2.20. The van der Waals surface area contributed by atoms with Crippen LogP contribution in [0.25, 0.3) is 0 Å². The Morgan fingerprint density at radius 3 is 3.06 bits per heavy atom. The molecule has 1 unspecified atom stereocenters. The fourth-order valence-electron chi connectivity index (χ4n) is 2.20. The SMILES string of the molecule is CN(CC1CCCN1C)C(=O)c1ccco1. The summed E-state index contributed by atoms with van der Waals surface area (Å²) < 4.78 is 5.10. The molecule has 1 amide bonds. The van der Waals surface area contributed by atoms with Gasteiger partial charge in [0.1, 0.15) is 0 Å². The number of nitrogens with zero attached hydrogens (tertiary/aromatic N) is 2. The summed E-state index contributed by atoms with van der Waals surface area (Å²) in [5, 5.41) is 0. The maximum absolute atomic E-state index is 11.9. The molecule has 1 fully saturated rings. The lowest BCUT2D eigenvalue weighted by Crippen LogP contribution is -2.39. The average molecular weight is 222 g/mol. The number of carbonyl (C=O) groups excluding carboxylic acids is 1. The highest BCUT2D eigenvalue weighted by Crippen LogP contribution is 2.16. The summed E-state index contributed by atoms with van der Waals surface area (Å²) in [5.41, 5.74) is 0. The van der Waals surface area contributed by atoms with Gasteiger partial charge in [-0.1, -0.05) is 0 Å². The molecule has 1 aliphatic heterocycles. The van der Waals surface area contributed by atoms with Gasteiger partial charge in [-0.25, -0.2) is 0 Å². The van der Waals surface area contributed by atoms with E-state index in [4.69, 9.17) is 4.42 Å². The summed E-state index contributed by atoms with van der Waals surface area (Å²) in [5.74, 6) is 0.383. The second-order valence-corrected chi connectivity index (χ2v) is 4.44. The number of rotatable bonds is 3. The van der Waals surface area contributed by atoms with Crippen molar-refractivity contribution in [2.75, 3.05) is 27.2 Å². The molecule has 1 atom stereocenters. The third kappa shape index (κ3) is 2.27. The van der Waals surface area contributed by atoms with Gasteiger partial charge in [0, 0.05) is 19.6 Å². The van der Waals surface area contributed by atoms with Crippen LogP contribution < -0.4 is 0 Å². The summed E-state index contributed by atoms with van der Waals surface area (Å²) in [6.07, 6.45) is 3.93. The van der Waals surface area contributed by atoms with E-state index in [1.54, 1.807) is 17.0 Å². The lowest BCUT2D eigenvalue weighted by Gasteiger charge is -2.25. The van der Waals surface area contributed by atoms with E-state index in [9.17, 15) is 4.79 Å². The number of furan rings is 1.